The van der Waals surface area contributed by atoms with E-state index in [0.717, 1.165) is 23.7 Å². The Hall–Kier alpha value is -2.08. The smallest absolute Gasteiger partial charge is 0.255 e. The second-order valence-electron chi connectivity index (χ2n) is 4.86. The van der Waals surface area contributed by atoms with Gasteiger partial charge in [-0.05, 0) is 37.3 Å². The van der Waals surface area contributed by atoms with Gasteiger partial charge in [0.25, 0.3) is 5.56 Å². The number of hydrogen-bond donors (Lipinski definition) is 0. The summed E-state index contributed by atoms with van der Waals surface area (Å²) in [5.41, 5.74) is 1.10. The molecule has 3 nitrogen and oxygen atoms in total. The van der Waals surface area contributed by atoms with Crippen LogP contribution in [0.25, 0.3) is 10.9 Å². The average molecular weight is 238 g/mol. The van der Waals surface area contributed by atoms with Crippen LogP contribution < -0.4 is 5.56 Å². The largest absolute Gasteiger partial charge is 0.308 e. The zero-order chi connectivity index (χ0) is 12.8. The minimum absolute atomic E-state index is 0.00440. The molecule has 2 aromatic rings. The van der Waals surface area contributed by atoms with Gasteiger partial charge in [-0.2, -0.15) is 5.26 Å². The molecule has 0 spiro atoms. The van der Waals surface area contributed by atoms with Gasteiger partial charge in [-0.15, -0.1) is 0 Å². The van der Waals surface area contributed by atoms with Crippen LogP contribution in [0.2, 0.25) is 0 Å². The predicted molar refractivity (Wildman–Crippen MR) is 70.4 cm³/mol. The van der Waals surface area contributed by atoms with Crippen molar-refractivity contribution < 1.29 is 0 Å². The van der Waals surface area contributed by atoms with Crippen molar-refractivity contribution in [3.8, 4) is 6.07 Å². The Balaban J connectivity index is 2.39. The molecule has 0 amide bonds. The molecule has 0 unspecified atom stereocenters. The average Bonchev–Trinajstić information content (AvgIpc) is 3.19. The molecule has 1 aromatic carbocycles. The lowest BCUT2D eigenvalue weighted by Gasteiger charge is -2.13. The van der Waals surface area contributed by atoms with Gasteiger partial charge in [-0.1, -0.05) is 18.2 Å². The molecule has 18 heavy (non-hydrogen) atoms. The molecule has 0 bridgehead atoms. The van der Waals surface area contributed by atoms with E-state index in [-0.39, 0.29) is 5.56 Å². The van der Waals surface area contributed by atoms with Crippen molar-refractivity contribution in [3.05, 3.63) is 46.2 Å². The number of nitriles is 1. The summed E-state index contributed by atoms with van der Waals surface area (Å²) in [6, 6.07) is 12.1. The summed E-state index contributed by atoms with van der Waals surface area (Å²) in [4.78, 5) is 12.5. The number of aryl methyl sites for hydroxylation is 1. The van der Waals surface area contributed by atoms with Crippen LogP contribution in [0.15, 0.2) is 35.1 Å². The Labute approximate surface area is 105 Å². The first-order valence-corrected chi connectivity index (χ1v) is 6.26. The Morgan fingerprint density at radius 1 is 1.39 bits per heavy atom. The maximum absolute atomic E-state index is 12.5. The summed E-state index contributed by atoms with van der Waals surface area (Å²) in [7, 11) is 0. The lowest BCUT2D eigenvalue weighted by atomic mass is 9.97. The van der Waals surface area contributed by atoms with Gasteiger partial charge in [0.15, 0.2) is 0 Å². The first kappa shape index (κ1) is 11.0. The van der Waals surface area contributed by atoms with E-state index < -0.39 is 5.41 Å². The Bertz CT molecular complexity index is 717. The van der Waals surface area contributed by atoms with E-state index in [1.807, 2.05) is 37.3 Å². The van der Waals surface area contributed by atoms with Crippen molar-refractivity contribution in [2.45, 2.75) is 31.7 Å². The molecular formula is C15H14N2O. The molecule has 1 aliphatic carbocycles. The van der Waals surface area contributed by atoms with E-state index >= 15 is 0 Å². The summed E-state index contributed by atoms with van der Waals surface area (Å²) >= 11 is 0. The number of nitrogens with zero attached hydrogens (tertiary/aromatic N) is 2. The first-order chi connectivity index (χ1) is 8.72. The van der Waals surface area contributed by atoms with Crippen LogP contribution in [0.1, 0.15) is 25.3 Å². The molecule has 0 aliphatic heterocycles. The van der Waals surface area contributed by atoms with Crippen molar-refractivity contribution in [3.63, 3.8) is 0 Å². The second kappa shape index (κ2) is 3.71. The second-order valence-corrected chi connectivity index (χ2v) is 4.86. The van der Waals surface area contributed by atoms with E-state index in [2.05, 4.69) is 6.07 Å². The standard InChI is InChI=1S/C15H14N2O/c1-2-17-13-6-4-3-5-11(13)9-12(14(17)18)15(10-16)7-8-15/h3-6,9H,2,7-8H2,1H3. The Morgan fingerprint density at radius 3 is 2.72 bits per heavy atom. The third-order valence-electron chi connectivity index (χ3n) is 3.80. The van der Waals surface area contributed by atoms with Crippen LogP contribution in [0, 0.1) is 11.3 Å². The highest BCUT2D eigenvalue weighted by molar-refractivity contribution is 5.80. The molecule has 1 heterocycles. The van der Waals surface area contributed by atoms with Gasteiger partial charge in [-0.25, -0.2) is 0 Å². The Morgan fingerprint density at radius 2 is 2.11 bits per heavy atom. The summed E-state index contributed by atoms with van der Waals surface area (Å²) in [5, 5.41) is 10.3. The van der Waals surface area contributed by atoms with Crippen LogP contribution in [0.3, 0.4) is 0 Å². The molecule has 3 heteroatoms. The summed E-state index contributed by atoms with van der Waals surface area (Å²) < 4.78 is 1.77. The van der Waals surface area contributed by atoms with Gasteiger partial charge in [0, 0.05) is 12.1 Å². The molecule has 1 saturated carbocycles. The number of pyridine rings is 1. The fraction of sp³-hybridized carbons (Fsp3) is 0.333. The normalized spacial score (nSPS) is 16.4. The van der Waals surface area contributed by atoms with Gasteiger partial charge in [-0.3, -0.25) is 4.79 Å². The van der Waals surface area contributed by atoms with Gasteiger partial charge in [0.05, 0.1) is 17.0 Å². The van der Waals surface area contributed by atoms with Crippen LogP contribution in [-0.2, 0) is 12.0 Å². The minimum atomic E-state index is -0.516. The third-order valence-corrected chi connectivity index (χ3v) is 3.80. The fourth-order valence-corrected chi connectivity index (χ4v) is 2.55. The molecule has 0 radical (unpaired) electrons. The van der Waals surface area contributed by atoms with Crippen LogP contribution in [0.4, 0.5) is 0 Å². The predicted octanol–water partition coefficient (Wildman–Crippen LogP) is 2.58. The van der Waals surface area contributed by atoms with Crippen molar-refractivity contribution in [1.82, 2.24) is 4.57 Å². The van der Waals surface area contributed by atoms with Crippen molar-refractivity contribution in [2.24, 2.45) is 0 Å². The molecule has 1 aliphatic rings. The lowest BCUT2D eigenvalue weighted by molar-refractivity contribution is 0.732. The maximum Gasteiger partial charge on any atom is 0.255 e. The van der Waals surface area contributed by atoms with E-state index in [4.69, 9.17) is 0 Å². The first-order valence-electron chi connectivity index (χ1n) is 6.26. The highest BCUT2D eigenvalue weighted by atomic mass is 16.1. The van der Waals surface area contributed by atoms with E-state index in [1.54, 1.807) is 4.57 Å². The molecule has 3 rings (SSSR count). The lowest BCUT2D eigenvalue weighted by Crippen LogP contribution is -2.27. The minimum Gasteiger partial charge on any atom is -0.308 e. The molecule has 1 fully saturated rings. The topological polar surface area (TPSA) is 45.8 Å². The zero-order valence-electron chi connectivity index (χ0n) is 10.3. The number of aromatic nitrogens is 1. The van der Waals surface area contributed by atoms with E-state index in [9.17, 15) is 10.1 Å². The summed E-state index contributed by atoms with van der Waals surface area (Å²) in [6.07, 6.45) is 1.61. The quantitative estimate of drug-likeness (QED) is 0.807. The number of rotatable bonds is 2. The van der Waals surface area contributed by atoms with E-state index in [0.29, 0.717) is 12.1 Å². The maximum atomic E-state index is 12.5. The molecule has 0 saturated heterocycles. The Kier molecular flexibility index (Phi) is 2.27. The SMILES string of the molecule is CCn1c(=O)c(C2(C#N)CC2)cc2ccccc21. The molecule has 90 valence electrons. The summed E-state index contributed by atoms with van der Waals surface area (Å²) in [6.45, 7) is 2.60. The molecular weight excluding hydrogens is 224 g/mol. The third kappa shape index (κ3) is 1.39. The zero-order valence-corrected chi connectivity index (χ0v) is 10.3. The van der Waals surface area contributed by atoms with Gasteiger partial charge >= 0.3 is 0 Å². The van der Waals surface area contributed by atoms with Gasteiger partial charge < -0.3 is 4.57 Å². The highest BCUT2D eigenvalue weighted by Gasteiger charge is 2.47. The molecule has 1 aromatic heterocycles. The van der Waals surface area contributed by atoms with E-state index in [1.165, 1.54) is 0 Å². The monoisotopic (exact) mass is 238 g/mol. The van der Waals surface area contributed by atoms with Crippen molar-refractivity contribution in [1.29, 1.82) is 5.26 Å². The highest BCUT2D eigenvalue weighted by Crippen LogP contribution is 2.46. The van der Waals surface area contributed by atoms with Crippen molar-refractivity contribution >= 4 is 10.9 Å². The van der Waals surface area contributed by atoms with Gasteiger partial charge in [0.1, 0.15) is 0 Å². The van der Waals surface area contributed by atoms with Crippen LogP contribution in [0.5, 0.6) is 0 Å². The number of hydrogen-bond acceptors (Lipinski definition) is 2. The van der Waals surface area contributed by atoms with Crippen LogP contribution >= 0.6 is 0 Å². The number of para-hydroxylation sites is 1. The van der Waals surface area contributed by atoms with Gasteiger partial charge in [0.2, 0.25) is 0 Å². The summed E-state index contributed by atoms with van der Waals surface area (Å²) in [5.74, 6) is 0. The number of fused-ring (bicyclic) bond motifs is 1. The molecule has 0 atom stereocenters. The van der Waals surface area contributed by atoms with Crippen molar-refractivity contribution in [2.75, 3.05) is 0 Å². The van der Waals surface area contributed by atoms with Crippen LogP contribution in [-0.4, -0.2) is 4.57 Å². The number of benzene rings is 1. The fourth-order valence-electron chi connectivity index (χ4n) is 2.55. The molecule has 0 N–H and O–H groups in total.